The van der Waals surface area contributed by atoms with E-state index in [2.05, 4.69) is 10.3 Å². The monoisotopic (exact) mass is 326 g/mol. The smallest absolute Gasteiger partial charge is 0.322 e. The first-order valence-corrected chi connectivity index (χ1v) is 7.68. The molecule has 9 heteroatoms. The molecule has 0 amide bonds. The molecule has 0 aliphatic heterocycles. The highest BCUT2D eigenvalue weighted by molar-refractivity contribution is 7.87. The number of hydrogen-bond acceptors (Lipinski definition) is 5. The van der Waals surface area contributed by atoms with E-state index >= 15 is 0 Å². The molecule has 2 rings (SSSR count). The Kier molecular flexibility index (Phi) is 4.57. The van der Waals surface area contributed by atoms with E-state index in [1.807, 2.05) is 0 Å². The van der Waals surface area contributed by atoms with Gasteiger partial charge in [-0.15, -0.1) is 4.09 Å². The van der Waals surface area contributed by atoms with Crippen molar-refractivity contribution in [3.05, 3.63) is 53.1 Å². The summed E-state index contributed by atoms with van der Waals surface area (Å²) < 4.78 is 40.1. The van der Waals surface area contributed by atoms with Gasteiger partial charge in [0.25, 0.3) is 0 Å². The fraction of sp³-hybridized carbons (Fsp3) is 0.231. The Labute approximate surface area is 127 Å². The van der Waals surface area contributed by atoms with Crippen molar-refractivity contribution in [3.8, 4) is 0 Å². The van der Waals surface area contributed by atoms with Crippen molar-refractivity contribution in [1.82, 2.24) is 13.5 Å². The first kappa shape index (κ1) is 16.1. The Balaban J connectivity index is 2.58. The van der Waals surface area contributed by atoms with Gasteiger partial charge in [0.2, 0.25) is 0 Å². The summed E-state index contributed by atoms with van der Waals surface area (Å²) in [7, 11) is -1.14. The molecule has 0 bridgehead atoms. The van der Waals surface area contributed by atoms with Crippen molar-refractivity contribution in [2.45, 2.75) is 6.42 Å². The van der Waals surface area contributed by atoms with E-state index in [1.165, 1.54) is 26.4 Å². The molecule has 1 heterocycles. The van der Waals surface area contributed by atoms with Crippen LogP contribution < -0.4 is 0 Å². The second kappa shape index (κ2) is 6.24. The molecule has 0 saturated carbocycles. The third-order valence-corrected chi connectivity index (χ3v) is 4.73. The van der Waals surface area contributed by atoms with Gasteiger partial charge >= 0.3 is 10.2 Å². The minimum Gasteiger partial charge on any atom is -0.411 e. The van der Waals surface area contributed by atoms with Crippen LogP contribution in [0.1, 0.15) is 16.8 Å². The predicted octanol–water partition coefficient (Wildman–Crippen LogP) is 1.08. The Hall–Kier alpha value is -2.26. The van der Waals surface area contributed by atoms with Gasteiger partial charge < -0.3 is 5.21 Å². The van der Waals surface area contributed by atoms with Crippen LogP contribution in [0.4, 0.5) is 4.39 Å². The summed E-state index contributed by atoms with van der Waals surface area (Å²) in [5, 5.41) is 15.4. The number of hydrogen-bond donors (Lipinski definition) is 1. The number of oxime groups is 1. The maximum Gasteiger partial charge on any atom is 0.322 e. The molecule has 0 atom stereocenters. The van der Waals surface area contributed by atoms with Crippen LogP contribution in [0.5, 0.6) is 0 Å². The van der Waals surface area contributed by atoms with Crippen LogP contribution in [0.2, 0.25) is 0 Å². The molecule has 2 aromatic rings. The Morgan fingerprint density at radius 1 is 1.41 bits per heavy atom. The van der Waals surface area contributed by atoms with Crippen molar-refractivity contribution < 1.29 is 18.0 Å². The fourth-order valence-electron chi connectivity index (χ4n) is 1.88. The van der Waals surface area contributed by atoms with Crippen molar-refractivity contribution in [1.29, 1.82) is 0 Å². The second-order valence-electron chi connectivity index (χ2n) is 4.69. The van der Waals surface area contributed by atoms with E-state index in [9.17, 15) is 12.8 Å². The fourth-order valence-corrected chi connectivity index (χ4v) is 2.81. The third kappa shape index (κ3) is 3.00. The zero-order valence-corrected chi connectivity index (χ0v) is 12.8. The number of nitrogens with zero attached hydrogens (tertiary/aromatic N) is 4. The van der Waals surface area contributed by atoms with Crippen molar-refractivity contribution >= 4 is 16.4 Å². The van der Waals surface area contributed by atoms with Crippen LogP contribution in [0.25, 0.3) is 0 Å². The molecule has 0 aliphatic carbocycles. The second-order valence-corrected chi connectivity index (χ2v) is 6.66. The quantitative estimate of drug-likeness (QED) is 0.506. The summed E-state index contributed by atoms with van der Waals surface area (Å²) in [6.07, 6.45) is 2.29. The molecule has 7 nitrogen and oxygen atoms in total. The number of halogens is 1. The van der Waals surface area contributed by atoms with E-state index in [0.29, 0.717) is 5.56 Å². The normalized spacial score (nSPS) is 12.4. The molecule has 1 aromatic carbocycles. The molecular weight excluding hydrogens is 311 g/mol. The maximum atomic E-state index is 13.8. The van der Waals surface area contributed by atoms with Crippen molar-refractivity contribution in [3.63, 3.8) is 0 Å². The molecule has 22 heavy (non-hydrogen) atoms. The van der Waals surface area contributed by atoms with Gasteiger partial charge in [-0.3, -0.25) is 0 Å². The molecule has 1 aromatic heterocycles. The average Bonchev–Trinajstić information content (AvgIpc) is 2.85. The van der Waals surface area contributed by atoms with E-state index in [0.717, 1.165) is 14.6 Å². The number of aromatic nitrogens is 2. The molecule has 1 N–H and O–H groups in total. The average molecular weight is 326 g/mol. The zero-order valence-electron chi connectivity index (χ0n) is 12.0. The van der Waals surface area contributed by atoms with Crippen molar-refractivity contribution in [2.75, 3.05) is 14.1 Å². The molecule has 0 fully saturated rings. The first-order chi connectivity index (χ1) is 10.4. The zero-order chi connectivity index (χ0) is 16.3. The minimum atomic E-state index is -3.86. The summed E-state index contributed by atoms with van der Waals surface area (Å²) in [5.41, 5.74) is 0.804. The van der Waals surface area contributed by atoms with Gasteiger partial charge in [0, 0.05) is 26.1 Å². The largest absolute Gasteiger partial charge is 0.411 e. The molecule has 118 valence electrons. The van der Waals surface area contributed by atoms with Crippen LogP contribution in [-0.2, 0) is 16.6 Å². The van der Waals surface area contributed by atoms with E-state index in [-0.39, 0.29) is 17.7 Å². The molecular formula is C13H15FN4O3S. The van der Waals surface area contributed by atoms with Crippen LogP contribution in [0.3, 0.4) is 0 Å². The van der Waals surface area contributed by atoms with Crippen LogP contribution in [-0.4, -0.2) is 47.4 Å². The van der Waals surface area contributed by atoms with E-state index in [4.69, 9.17) is 5.21 Å². The summed E-state index contributed by atoms with van der Waals surface area (Å²) >= 11 is 0. The van der Waals surface area contributed by atoms with Gasteiger partial charge in [0.15, 0.2) is 0 Å². The molecule has 0 aliphatic rings. The Morgan fingerprint density at radius 3 is 2.68 bits per heavy atom. The number of benzene rings is 1. The number of rotatable bonds is 5. The van der Waals surface area contributed by atoms with Gasteiger partial charge in [0.05, 0.1) is 18.1 Å². The highest BCUT2D eigenvalue weighted by Gasteiger charge is 2.24. The lowest BCUT2D eigenvalue weighted by Crippen LogP contribution is -2.31. The van der Waals surface area contributed by atoms with Gasteiger partial charge in [-0.1, -0.05) is 23.4 Å². The van der Waals surface area contributed by atoms with Crippen LogP contribution >= 0.6 is 0 Å². The van der Waals surface area contributed by atoms with Gasteiger partial charge in [-0.2, -0.15) is 17.8 Å². The lowest BCUT2D eigenvalue weighted by atomic mass is 10.1. The van der Waals surface area contributed by atoms with Gasteiger partial charge in [-0.25, -0.2) is 4.39 Å². The van der Waals surface area contributed by atoms with Gasteiger partial charge in [-0.05, 0) is 11.6 Å². The van der Waals surface area contributed by atoms with Crippen molar-refractivity contribution in [2.24, 2.45) is 5.16 Å². The first-order valence-electron chi connectivity index (χ1n) is 6.28. The molecule has 0 spiro atoms. The lowest BCUT2D eigenvalue weighted by Gasteiger charge is -2.14. The predicted molar refractivity (Wildman–Crippen MR) is 78.8 cm³/mol. The highest BCUT2D eigenvalue weighted by Crippen LogP contribution is 2.18. The highest BCUT2D eigenvalue weighted by atomic mass is 32.2. The topological polar surface area (TPSA) is 87.8 Å². The standard InChI is InChI=1S/C13H15FN4O3S/c1-17(2)22(20,21)18-13(11(8-15-18)9-16-19)7-10-5-3-4-6-12(10)14/h3-6,8-9,19H,7H2,1-2H3/b16-9+. The summed E-state index contributed by atoms with van der Waals surface area (Å²) in [6.45, 7) is 0. The van der Waals surface area contributed by atoms with E-state index in [1.54, 1.807) is 18.2 Å². The van der Waals surface area contributed by atoms with Crippen LogP contribution in [0.15, 0.2) is 35.6 Å². The summed E-state index contributed by atoms with van der Waals surface area (Å²) in [6, 6.07) is 6.03. The molecule has 0 saturated heterocycles. The van der Waals surface area contributed by atoms with Crippen LogP contribution in [0, 0.1) is 5.82 Å². The lowest BCUT2D eigenvalue weighted by molar-refractivity contribution is 0.322. The SMILES string of the molecule is CN(C)S(=O)(=O)n1ncc(/C=N/O)c1Cc1ccccc1F. The summed E-state index contributed by atoms with van der Waals surface area (Å²) in [5.74, 6) is -0.454. The molecule has 0 unspecified atom stereocenters. The Morgan fingerprint density at radius 2 is 2.09 bits per heavy atom. The van der Waals surface area contributed by atoms with E-state index < -0.39 is 16.0 Å². The molecule has 0 radical (unpaired) electrons. The maximum absolute atomic E-state index is 13.8. The Bertz CT molecular complexity index is 799. The van der Waals surface area contributed by atoms with Gasteiger partial charge in [0.1, 0.15) is 5.82 Å². The minimum absolute atomic E-state index is 0.0128. The summed E-state index contributed by atoms with van der Waals surface area (Å²) in [4.78, 5) is 0. The third-order valence-electron chi connectivity index (χ3n) is 3.06.